The van der Waals surface area contributed by atoms with Gasteiger partial charge in [0.05, 0.1) is 19.7 Å². The van der Waals surface area contributed by atoms with Crippen molar-refractivity contribution in [3.05, 3.63) is 47.8 Å². The first-order valence-electron chi connectivity index (χ1n) is 10.9. The number of benzene rings is 1. The summed E-state index contributed by atoms with van der Waals surface area (Å²) in [6.45, 7) is 15.4. The second-order valence-corrected chi connectivity index (χ2v) is 9.65. The van der Waals surface area contributed by atoms with Crippen LogP contribution in [0.15, 0.2) is 30.6 Å². The Morgan fingerprint density at radius 1 is 0.933 bits per heavy atom. The van der Waals surface area contributed by atoms with Gasteiger partial charge in [-0.1, -0.05) is 53.7 Å². The molecule has 5 heteroatoms. The minimum atomic E-state index is -0.103. The number of nitrogens with zero attached hydrogens (tertiary/aromatic N) is 5. The Bertz CT molecular complexity index is 1010. The molecule has 0 radical (unpaired) electrons. The summed E-state index contributed by atoms with van der Waals surface area (Å²) in [7, 11) is 4.16. The summed E-state index contributed by atoms with van der Waals surface area (Å²) < 4.78 is 4.30. The molecule has 3 rings (SSSR count). The molecule has 2 heterocycles. The van der Waals surface area contributed by atoms with Crippen LogP contribution in [0.5, 0.6) is 0 Å². The minimum absolute atomic E-state index is 0.103. The van der Waals surface area contributed by atoms with E-state index in [-0.39, 0.29) is 10.8 Å². The van der Waals surface area contributed by atoms with Gasteiger partial charge in [0.2, 0.25) is 0 Å². The molecule has 0 N–H and O–H groups in total. The Kier molecular flexibility index (Phi) is 5.85. The molecule has 0 spiro atoms. The van der Waals surface area contributed by atoms with E-state index in [9.17, 15) is 0 Å². The van der Waals surface area contributed by atoms with E-state index in [2.05, 4.69) is 102 Å². The zero-order valence-corrected chi connectivity index (χ0v) is 20.0. The van der Waals surface area contributed by atoms with E-state index in [0.29, 0.717) is 0 Å². The fourth-order valence-corrected chi connectivity index (χ4v) is 3.40. The third-order valence-electron chi connectivity index (χ3n) is 6.53. The van der Waals surface area contributed by atoms with E-state index in [1.807, 2.05) is 0 Å². The zero-order chi connectivity index (χ0) is 22.3. The highest BCUT2D eigenvalue weighted by Crippen LogP contribution is 2.32. The van der Waals surface area contributed by atoms with Gasteiger partial charge in [0.1, 0.15) is 24.0 Å². The summed E-state index contributed by atoms with van der Waals surface area (Å²) in [6, 6.07) is 6.50. The molecular formula is C25H36N5+. The van der Waals surface area contributed by atoms with E-state index >= 15 is 0 Å². The quantitative estimate of drug-likeness (QED) is 0.538. The predicted molar refractivity (Wildman–Crippen MR) is 122 cm³/mol. The number of hydrogen-bond donors (Lipinski definition) is 0. The Balaban J connectivity index is 2.24. The van der Waals surface area contributed by atoms with Crippen LogP contribution in [-0.2, 0) is 24.9 Å². The van der Waals surface area contributed by atoms with Crippen molar-refractivity contribution < 1.29 is 4.57 Å². The molecule has 1 aromatic carbocycles. The molecule has 0 aliphatic heterocycles. The molecule has 0 saturated heterocycles. The van der Waals surface area contributed by atoms with Crippen LogP contribution in [0, 0.1) is 6.92 Å². The van der Waals surface area contributed by atoms with Crippen LogP contribution < -0.4 is 4.57 Å². The minimum Gasteiger partial charge on any atom is -0.233 e. The lowest BCUT2D eigenvalue weighted by Crippen LogP contribution is -2.29. The number of imidazole rings is 1. The van der Waals surface area contributed by atoms with Crippen molar-refractivity contribution in [1.29, 1.82) is 0 Å². The second kappa shape index (κ2) is 7.93. The average Bonchev–Trinajstić information content (AvgIpc) is 3.06. The third-order valence-corrected chi connectivity index (χ3v) is 6.53. The van der Waals surface area contributed by atoms with Crippen molar-refractivity contribution in [2.45, 2.75) is 72.1 Å². The van der Waals surface area contributed by atoms with Crippen LogP contribution in [0.3, 0.4) is 0 Å². The largest absolute Gasteiger partial charge is 0.288 e. The Hall–Kier alpha value is -2.56. The summed E-state index contributed by atoms with van der Waals surface area (Å²) in [5.41, 5.74) is 3.24. The summed E-state index contributed by atoms with van der Waals surface area (Å²) >= 11 is 0. The standard InChI is InChI=1S/C25H36N5/c1-10-24(4,5)22-26-20(27-23(28-22)25(6,7)11-2)18-13-12-17(3)19(16-18)21-29(8)14-15-30(21)9/h12-16H,10-11H2,1-9H3/q+1. The van der Waals surface area contributed by atoms with Gasteiger partial charge < -0.3 is 0 Å². The van der Waals surface area contributed by atoms with Gasteiger partial charge in [0, 0.05) is 16.4 Å². The molecule has 3 aromatic rings. The Morgan fingerprint density at radius 2 is 1.50 bits per heavy atom. The average molecular weight is 407 g/mol. The lowest BCUT2D eigenvalue weighted by Gasteiger charge is -2.26. The van der Waals surface area contributed by atoms with Crippen LogP contribution in [0.4, 0.5) is 0 Å². The molecule has 30 heavy (non-hydrogen) atoms. The molecule has 0 aliphatic carbocycles. The smallest absolute Gasteiger partial charge is 0.233 e. The van der Waals surface area contributed by atoms with Crippen molar-refractivity contribution in [2.75, 3.05) is 0 Å². The molecule has 0 aliphatic rings. The first-order chi connectivity index (χ1) is 14.0. The van der Waals surface area contributed by atoms with Crippen LogP contribution in [0.1, 0.15) is 71.6 Å². The molecule has 0 amide bonds. The van der Waals surface area contributed by atoms with Gasteiger partial charge in [-0.25, -0.2) is 24.1 Å². The lowest BCUT2D eigenvalue weighted by atomic mass is 9.87. The van der Waals surface area contributed by atoms with E-state index in [1.165, 1.54) is 11.1 Å². The number of aromatic nitrogens is 5. The summed E-state index contributed by atoms with van der Waals surface area (Å²) in [4.78, 5) is 14.8. The van der Waals surface area contributed by atoms with E-state index in [0.717, 1.165) is 41.7 Å². The van der Waals surface area contributed by atoms with Crippen molar-refractivity contribution in [3.8, 4) is 22.8 Å². The molecule has 5 nitrogen and oxygen atoms in total. The summed E-state index contributed by atoms with van der Waals surface area (Å²) in [6.07, 6.45) is 6.10. The van der Waals surface area contributed by atoms with Gasteiger partial charge in [-0.05, 0) is 31.4 Å². The summed E-state index contributed by atoms with van der Waals surface area (Å²) in [5, 5.41) is 0. The zero-order valence-electron chi connectivity index (χ0n) is 20.0. The van der Waals surface area contributed by atoms with Crippen molar-refractivity contribution >= 4 is 0 Å². The third kappa shape index (κ3) is 4.03. The van der Waals surface area contributed by atoms with Gasteiger partial charge in [-0.2, -0.15) is 0 Å². The first kappa shape index (κ1) is 22.1. The van der Waals surface area contributed by atoms with Crippen LogP contribution in [0.25, 0.3) is 22.8 Å². The van der Waals surface area contributed by atoms with Gasteiger partial charge in [0.25, 0.3) is 5.82 Å². The van der Waals surface area contributed by atoms with Gasteiger partial charge in [-0.3, -0.25) is 0 Å². The van der Waals surface area contributed by atoms with Gasteiger partial charge in [-0.15, -0.1) is 0 Å². The maximum atomic E-state index is 4.96. The molecule has 2 aromatic heterocycles. The topological polar surface area (TPSA) is 47.5 Å². The van der Waals surface area contributed by atoms with Gasteiger partial charge >= 0.3 is 0 Å². The normalized spacial score (nSPS) is 12.4. The van der Waals surface area contributed by atoms with Crippen molar-refractivity contribution in [2.24, 2.45) is 14.1 Å². The summed E-state index contributed by atoms with van der Waals surface area (Å²) in [5.74, 6) is 3.67. The van der Waals surface area contributed by atoms with E-state index in [4.69, 9.17) is 15.0 Å². The Morgan fingerprint density at radius 3 is 1.97 bits per heavy atom. The highest BCUT2D eigenvalue weighted by atomic mass is 15.1. The van der Waals surface area contributed by atoms with Crippen LogP contribution in [-0.4, -0.2) is 19.5 Å². The molecule has 0 atom stereocenters. The van der Waals surface area contributed by atoms with Crippen LogP contribution in [0.2, 0.25) is 0 Å². The maximum absolute atomic E-state index is 4.96. The van der Waals surface area contributed by atoms with E-state index < -0.39 is 0 Å². The van der Waals surface area contributed by atoms with Crippen molar-refractivity contribution in [3.63, 3.8) is 0 Å². The van der Waals surface area contributed by atoms with Crippen LogP contribution >= 0.6 is 0 Å². The molecule has 0 saturated carbocycles. The molecule has 0 fully saturated rings. The van der Waals surface area contributed by atoms with Crippen molar-refractivity contribution in [1.82, 2.24) is 19.5 Å². The monoisotopic (exact) mass is 406 g/mol. The second-order valence-electron chi connectivity index (χ2n) is 9.65. The lowest BCUT2D eigenvalue weighted by molar-refractivity contribution is -0.659. The number of hydrogen-bond acceptors (Lipinski definition) is 3. The van der Waals surface area contributed by atoms with Gasteiger partial charge in [0.15, 0.2) is 5.82 Å². The molecule has 160 valence electrons. The Labute approximate surface area is 181 Å². The highest BCUT2D eigenvalue weighted by molar-refractivity contribution is 5.68. The highest BCUT2D eigenvalue weighted by Gasteiger charge is 2.29. The SMILES string of the molecule is CCC(C)(C)c1nc(-c2ccc(C)c(-c3n(C)cc[n+]3C)c2)nc(C(C)(C)CC)n1. The maximum Gasteiger partial charge on any atom is 0.288 e. The molecule has 0 bridgehead atoms. The fourth-order valence-electron chi connectivity index (χ4n) is 3.40. The fraction of sp³-hybridized carbons (Fsp3) is 0.520. The molecular weight excluding hydrogens is 370 g/mol. The predicted octanol–water partition coefficient (Wildman–Crippen LogP) is 5.05. The number of rotatable bonds is 6. The first-order valence-corrected chi connectivity index (χ1v) is 10.9. The number of aryl methyl sites for hydroxylation is 3. The molecule has 0 unspecified atom stereocenters. The van der Waals surface area contributed by atoms with E-state index in [1.54, 1.807) is 0 Å².